The molecule has 2 aromatic rings. The first kappa shape index (κ1) is 20.3. The molecule has 0 radical (unpaired) electrons. The second kappa shape index (κ2) is 7.67. The van der Waals surface area contributed by atoms with Gasteiger partial charge in [-0.05, 0) is 66.5 Å². The number of nitrogens with zero attached hydrogens (tertiary/aromatic N) is 2. The number of hydrogen-bond donors (Lipinski definition) is 2. The Labute approximate surface area is 158 Å². The number of carboxylic acid groups (broad SMARTS) is 1. The van der Waals surface area contributed by atoms with Gasteiger partial charge >= 0.3 is 6.09 Å². The van der Waals surface area contributed by atoms with E-state index in [0.717, 1.165) is 23.1 Å². The smallest absolute Gasteiger partial charge is 0.408 e. The van der Waals surface area contributed by atoms with E-state index in [1.807, 2.05) is 0 Å². The van der Waals surface area contributed by atoms with Gasteiger partial charge in [0.1, 0.15) is 17.7 Å². The molecule has 0 bridgehead atoms. The summed E-state index contributed by atoms with van der Waals surface area (Å²) in [6.07, 6.45) is -0.0643. The van der Waals surface area contributed by atoms with Crippen LogP contribution in [0.5, 0.6) is 0 Å². The Hall–Kier alpha value is -2.06. The Morgan fingerprint density at radius 3 is 2.42 bits per heavy atom. The van der Waals surface area contributed by atoms with Crippen LogP contribution in [0.25, 0.3) is 0 Å². The van der Waals surface area contributed by atoms with Crippen LogP contribution in [-0.2, 0) is 0 Å². The van der Waals surface area contributed by atoms with Crippen LogP contribution in [0.15, 0.2) is 41.1 Å². The van der Waals surface area contributed by atoms with Crippen LogP contribution in [0.1, 0.15) is 44.0 Å². The maximum absolute atomic E-state index is 14.2. The molecule has 0 aliphatic carbocycles. The Morgan fingerprint density at radius 2 is 1.88 bits per heavy atom. The van der Waals surface area contributed by atoms with E-state index in [-0.39, 0.29) is 5.56 Å². The van der Waals surface area contributed by atoms with Gasteiger partial charge in [0.15, 0.2) is 0 Å². The van der Waals surface area contributed by atoms with Crippen LogP contribution < -0.4 is 0 Å². The van der Waals surface area contributed by atoms with Gasteiger partial charge < -0.3 is 10.2 Å². The van der Waals surface area contributed by atoms with Crippen LogP contribution in [-0.4, -0.2) is 31.7 Å². The van der Waals surface area contributed by atoms with Crippen LogP contribution >= 0.6 is 15.9 Å². The summed E-state index contributed by atoms with van der Waals surface area (Å²) in [4.78, 5) is 17.0. The Morgan fingerprint density at radius 1 is 1.23 bits per heavy atom. The summed E-state index contributed by atoms with van der Waals surface area (Å²) in [7, 11) is 0. The lowest BCUT2D eigenvalue weighted by atomic mass is 9.91. The van der Waals surface area contributed by atoms with E-state index in [9.17, 15) is 23.8 Å². The zero-order chi connectivity index (χ0) is 19.6. The molecular formula is C18H19BrF2N2O3. The highest BCUT2D eigenvalue weighted by atomic mass is 79.9. The Kier molecular flexibility index (Phi) is 5.98. The predicted molar refractivity (Wildman–Crippen MR) is 95.6 cm³/mol. The number of pyridine rings is 1. The molecule has 2 N–H and O–H groups in total. The van der Waals surface area contributed by atoms with Crippen molar-refractivity contribution < 1.29 is 23.8 Å². The zero-order valence-electron chi connectivity index (χ0n) is 14.4. The van der Waals surface area contributed by atoms with Crippen molar-refractivity contribution in [1.29, 1.82) is 0 Å². The molecular weight excluding hydrogens is 410 g/mol. The molecule has 5 nitrogen and oxygen atoms in total. The molecule has 8 heteroatoms. The first-order valence-electron chi connectivity index (χ1n) is 7.78. The molecule has 0 unspecified atom stereocenters. The van der Waals surface area contributed by atoms with Gasteiger partial charge in [-0.1, -0.05) is 0 Å². The van der Waals surface area contributed by atoms with Gasteiger partial charge in [0, 0.05) is 28.0 Å². The third kappa shape index (κ3) is 4.37. The molecule has 0 aliphatic heterocycles. The van der Waals surface area contributed by atoms with Gasteiger partial charge in [-0.3, -0.25) is 9.88 Å². The minimum absolute atomic E-state index is 0.328. The van der Waals surface area contributed by atoms with Gasteiger partial charge in [0.25, 0.3) is 0 Å². The summed E-state index contributed by atoms with van der Waals surface area (Å²) in [5.74, 6) is -1.56. The molecule has 0 spiro atoms. The van der Waals surface area contributed by atoms with Crippen molar-refractivity contribution in [3.8, 4) is 0 Å². The number of aromatic nitrogens is 1. The molecule has 1 heterocycles. The second-order valence-electron chi connectivity index (χ2n) is 6.82. The van der Waals surface area contributed by atoms with Gasteiger partial charge in [0.05, 0.1) is 6.04 Å². The highest BCUT2D eigenvalue weighted by Crippen LogP contribution is 2.39. The normalized spacial score (nSPS) is 14.0. The second-order valence-corrected chi connectivity index (χ2v) is 7.73. The molecule has 2 rings (SSSR count). The molecule has 140 valence electrons. The topological polar surface area (TPSA) is 73.7 Å². The van der Waals surface area contributed by atoms with Crippen molar-refractivity contribution in [2.45, 2.75) is 38.5 Å². The molecule has 0 fully saturated rings. The van der Waals surface area contributed by atoms with E-state index in [1.54, 1.807) is 26.8 Å². The Balaban J connectivity index is 2.67. The molecule has 0 aliphatic rings. The van der Waals surface area contributed by atoms with Crippen molar-refractivity contribution >= 4 is 22.0 Å². The van der Waals surface area contributed by atoms with Crippen LogP contribution in [0.3, 0.4) is 0 Å². The third-order valence-electron chi connectivity index (χ3n) is 3.85. The summed E-state index contributed by atoms with van der Waals surface area (Å²) in [5, 5.41) is 20.6. The maximum Gasteiger partial charge on any atom is 0.408 e. The molecule has 1 aromatic heterocycles. The molecule has 1 amide bonds. The van der Waals surface area contributed by atoms with Crippen molar-refractivity contribution in [2.75, 3.05) is 0 Å². The number of hydrogen-bond acceptors (Lipinski definition) is 3. The van der Waals surface area contributed by atoms with Crippen LogP contribution in [0.4, 0.5) is 13.6 Å². The lowest BCUT2D eigenvalue weighted by Gasteiger charge is -2.42. The number of amides is 1. The lowest BCUT2D eigenvalue weighted by molar-refractivity contribution is 0.00341. The summed E-state index contributed by atoms with van der Waals surface area (Å²) >= 11 is 3.25. The third-order valence-corrected chi connectivity index (χ3v) is 4.28. The van der Waals surface area contributed by atoms with Crippen molar-refractivity contribution in [1.82, 2.24) is 9.88 Å². The lowest BCUT2D eigenvalue weighted by Crippen LogP contribution is -2.49. The first-order valence-corrected chi connectivity index (χ1v) is 8.57. The van der Waals surface area contributed by atoms with E-state index in [2.05, 4.69) is 20.9 Å². The van der Waals surface area contributed by atoms with E-state index < -0.39 is 35.4 Å². The zero-order valence-corrected chi connectivity index (χ0v) is 16.0. The molecule has 0 saturated heterocycles. The fraction of sp³-hybridized carbons (Fsp3) is 0.333. The van der Waals surface area contributed by atoms with Crippen LogP contribution in [0, 0.1) is 11.6 Å². The summed E-state index contributed by atoms with van der Waals surface area (Å²) in [6, 6.07) is 3.07. The number of benzene rings is 1. The number of aliphatic hydroxyl groups excluding tert-OH is 1. The largest absolute Gasteiger partial charge is 0.465 e. The monoisotopic (exact) mass is 428 g/mol. The standard InChI is InChI=1S/C18H19BrF2N2O3/c1-18(2,3)23(17(25)26)15(10-6-11(19)9-22-8-10)16(24)13-7-12(20)4-5-14(13)21/h4-9,15-16,24H,1-3H3,(H,25,26)/t15-,16-/m1/s1. The van der Waals surface area contributed by atoms with Crippen molar-refractivity contribution in [3.63, 3.8) is 0 Å². The average Bonchev–Trinajstić information content (AvgIpc) is 2.52. The molecule has 0 saturated carbocycles. The number of carbonyl (C=O) groups is 1. The molecule has 1 aromatic carbocycles. The predicted octanol–water partition coefficient (Wildman–Crippen LogP) is 4.68. The molecule has 26 heavy (non-hydrogen) atoms. The van der Waals surface area contributed by atoms with E-state index in [4.69, 9.17) is 0 Å². The van der Waals surface area contributed by atoms with E-state index in [0.29, 0.717) is 10.0 Å². The van der Waals surface area contributed by atoms with Gasteiger partial charge in [-0.2, -0.15) is 0 Å². The average molecular weight is 429 g/mol. The minimum atomic E-state index is -1.64. The SMILES string of the molecule is CC(C)(C)N(C(=O)O)[C@H](c1cncc(Br)c1)[C@H](O)c1cc(F)ccc1F. The highest BCUT2D eigenvalue weighted by Gasteiger charge is 2.40. The summed E-state index contributed by atoms with van der Waals surface area (Å²) in [6.45, 7) is 4.94. The first-order chi connectivity index (χ1) is 12.0. The number of aliphatic hydroxyl groups is 1. The highest BCUT2D eigenvalue weighted by molar-refractivity contribution is 9.10. The number of halogens is 3. The fourth-order valence-electron chi connectivity index (χ4n) is 2.80. The summed E-state index contributed by atoms with van der Waals surface area (Å²) in [5.41, 5.74) is -0.915. The van der Waals surface area contributed by atoms with E-state index >= 15 is 0 Å². The maximum atomic E-state index is 14.2. The summed E-state index contributed by atoms with van der Waals surface area (Å²) < 4.78 is 28.4. The van der Waals surface area contributed by atoms with Gasteiger partial charge in [-0.25, -0.2) is 13.6 Å². The Bertz CT molecular complexity index is 811. The van der Waals surface area contributed by atoms with Crippen molar-refractivity contribution in [2.24, 2.45) is 0 Å². The van der Waals surface area contributed by atoms with Crippen molar-refractivity contribution in [3.05, 3.63) is 63.9 Å². The van der Waals surface area contributed by atoms with Gasteiger partial charge in [-0.15, -0.1) is 0 Å². The minimum Gasteiger partial charge on any atom is -0.465 e. The van der Waals surface area contributed by atoms with Gasteiger partial charge in [0.2, 0.25) is 0 Å². The van der Waals surface area contributed by atoms with Crippen LogP contribution in [0.2, 0.25) is 0 Å². The molecule has 2 atom stereocenters. The number of rotatable bonds is 4. The van der Waals surface area contributed by atoms with E-state index in [1.165, 1.54) is 12.4 Å². The fourth-order valence-corrected chi connectivity index (χ4v) is 3.18. The quantitative estimate of drug-likeness (QED) is 0.741.